The zero-order chi connectivity index (χ0) is 10.1. The second-order valence-corrected chi connectivity index (χ2v) is 2.69. The Bertz CT molecular complexity index is 551. The van der Waals surface area contributed by atoms with Crippen molar-refractivity contribution in [2.75, 3.05) is 0 Å². The Hall–Kier alpha value is -2.35. The highest BCUT2D eigenvalue weighted by Gasteiger charge is 2.16. The van der Waals surface area contributed by atoms with Crippen LogP contribution >= 0.6 is 0 Å². The molecule has 0 aliphatic carbocycles. The second kappa shape index (κ2) is 2.85. The Labute approximate surface area is 78.6 Å². The van der Waals surface area contributed by atoms with Crippen LogP contribution < -0.4 is 0 Å². The molecule has 0 fully saturated rings. The van der Waals surface area contributed by atoms with Gasteiger partial charge in [-0.2, -0.15) is 5.26 Å². The smallest absolute Gasteiger partial charge is 0.353 e. The number of rotatable bonds is 1. The van der Waals surface area contributed by atoms with Crippen molar-refractivity contribution in [3.8, 4) is 6.07 Å². The third kappa shape index (κ3) is 1.02. The van der Waals surface area contributed by atoms with Crippen LogP contribution in [0.15, 0.2) is 18.3 Å². The number of aromatic carboxylic acids is 1. The molecule has 0 spiro atoms. The molecular formula is C9H5N3O2. The predicted molar refractivity (Wildman–Crippen MR) is 47.8 cm³/mol. The largest absolute Gasteiger partial charge is 0.477 e. The number of aromatic amines is 1. The molecule has 0 saturated carbocycles. The number of carboxylic acid groups (broad SMARTS) is 1. The molecule has 0 radical (unpaired) electrons. The number of pyridine rings is 1. The normalized spacial score (nSPS) is 9.93. The number of carbonyl (C=O) groups is 1. The Morgan fingerprint density at radius 1 is 1.64 bits per heavy atom. The van der Waals surface area contributed by atoms with Gasteiger partial charge in [-0.1, -0.05) is 0 Å². The molecule has 5 nitrogen and oxygen atoms in total. The highest BCUT2D eigenvalue weighted by atomic mass is 16.4. The molecule has 0 aliphatic heterocycles. The molecular weight excluding hydrogens is 182 g/mol. The molecule has 14 heavy (non-hydrogen) atoms. The van der Waals surface area contributed by atoms with Gasteiger partial charge in [0.05, 0.1) is 5.56 Å². The van der Waals surface area contributed by atoms with Gasteiger partial charge in [-0.3, -0.25) is 0 Å². The van der Waals surface area contributed by atoms with E-state index in [9.17, 15) is 4.79 Å². The van der Waals surface area contributed by atoms with E-state index in [1.165, 1.54) is 6.20 Å². The topological polar surface area (TPSA) is 89.8 Å². The zero-order valence-corrected chi connectivity index (χ0v) is 6.98. The van der Waals surface area contributed by atoms with Crippen LogP contribution in [0.2, 0.25) is 0 Å². The lowest BCUT2D eigenvalue weighted by molar-refractivity contribution is 0.0691. The van der Waals surface area contributed by atoms with Gasteiger partial charge >= 0.3 is 5.97 Å². The minimum absolute atomic E-state index is 0.110. The first-order chi connectivity index (χ1) is 6.74. The van der Waals surface area contributed by atoms with Crippen molar-refractivity contribution in [3.05, 3.63) is 29.6 Å². The van der Waals surface area contributed by atoms with Crippen molar-refractivity contribution in [3.63, 3.8) is 0 Å². The van der Waals surface area contributed by atoms with Gasteiger partial charge in [0.15, 0.2) is 0 Å². The van der Waals surface area contributed by atoms with Crippen molar-refractivity contribution < 1.29 is 9.90 Å². The number of aromatic nitrogens is 2. The maximum absolute atomic E-state index is 10.7. The lowest BCUT2D eigenvalue weighted by Crippen LogP contribution is -1.98. The molecule has 0 saturated heterocycles. The van der Waals surface area contributed by atoms with Crippen molar-refractivity contribution in [1.29, 1.82) is 5.26 Å². The van der Waals surface area contributed by atoms with Crippen molar-refractivity contribution in [1.82, 2.24) is 9.97 Å². The van der Waals surface area contributed by atoms with E-state index in [0.717, 1.165) is 0 Å². The van der Waals surface area contributed by atoms with Crippen molar-refractivity contribution in [2.24, 2.45) is 0 Å². The summed E-state index contributed by atoms with van der Waals surface area (Å²) in [6.45, 7) is 0. The Balaban J connectivity index is 2.87. The van der Waals surface area contributed by atoms with E-state index >= 15 is 0 Å². The number of hydrogen-bond donors (Lipinski definition) is 2. The van der Waals surface area contributed by atoms with Crippen LogP contribution in [-0.4, -0.2) is 21.0 Å². The first-order valence-corrected chi connectivity index (χ1v) is 3.84. The fourth-order valence-electron chi connectivity index (χ4n) is 1.30. The first-order valence-electron chi connectivity index (χ1n) is 3.84. The SMILES string of the molecule is N#Cc1c(C(=O)O)[nH]c2ncccc12. The molecule has 0 bridgehead atoms. The fourth-order valence-corrected chi connectivity index (χ4v) is 1.30. The maximum atomic E-state index is 10.7. The standard InChI is InChI=1S/C9H5N3O2/c10-4-6-5-2-1-3-11-8(5)12-7(6)9(13)14/h1-3H,(H,11,12)(H,13,14). The lowest BCUT2D eigenvalue weighted by atomic mass is 10.2. The summed E-state index contributed by atoms with van der Waals surface area (Å²) >= 11 is 0. The molecule has 5 heteroatoms. The third-order valence-corrected chi connectivity index (χ3v) is 1.90. The number of nitrogens with one attached hydrogen (secondary N) is 1. The Kier molecular flexibility index (Phi) is 1.68. The number of H-pyrrole nitrogens is 1. The van der Waals surface area contributed by atoms with E-state index in [4.69, 9.17) is 10.4 Å². The van der Waals surface area contributed by atoms with E-state index in [1.807, 2.05) is 6.07 Å². The molecule has 2 heterocycles. The van der Waals surface area contributed by atoms with E-state index in [0.29, 0.717) is 11.0 Å². The Morgan fingerprint density at radius 2 is 2.43 bits per heavy atom. The van der Waals surface area contributed by atoms with E-state index < -0.39 is 5.97 Å². The minimum atomic E-state index is -1.15. The van der Waals surface area contributed by atoms with Gasteiger partial charge in [0.2, 0.25) is 0 Å². The van der Waals surface area contributed by atoms with Crippen LogP contribution in [0, 0.1) is 11.3 Å². The summed E-state index contributed by atoms with van der Waals surface area (Å²) in [5, 5.41) is 18.1. The van der Waals surface area contributed by atoms with Crippen LogP contribution in [0.25, 0.3) is 11.0 Å². The Morgan fingerprint density at radius 3 is 3.07 bits per heavy atom. The van der Waals surface area contributed by atoms with Crippen LogP contribution in [0.5, 0.6) is 0 Å². The summed E-state index contributed by atoms with van der Waals surface area (Å²) < 4.78 is 0. The highest BCUT2D eigenvalue weighted by molar-refractivity contribution is 5.98. The van der Waals surface area contributed by atoms with E-state index in [-0.39, 0.29) is 11.3 Å². The monoisotopic (exact) mass is 187 g/mol. The molecule has 2 aromatic rings. The molecule has 0 amide bonds. The fraction of sp³-hybridized carbons (Fsp3) is 0. The third-order valence-electron chi connectivity index (χ3n) is 1.90. The van der Waals surface area contributed by atoms with Gasteiger partial charge in [0, 0.05) is 11.6 Å². The number of fused-ring (bicyclic) bond motifs is 1. The predicted octanol–water partition coefficient (Wildman–Crippen LogP) is 1.13. The average molecular weight is 187 g/mol. The van der Waals surface area contributed by atoms with Gasteiger partial charge in [0.1, 0.15) is 17.4 Å². The number of nitriles is 1. The molecule has 2 rings (SSSR count). The molecule has 2 aromatic heterocycles. The molecule has 0 aromatic carbocycles. The quantitative estimate of drug-likeness (QED) is 0.700. The summed E-state index contributed by atoms with van der Waals surface area (Å²) in [4.78, 5) is 17.2. The van der Waals surface area contributed by atoms with Gasteiger partial charge in [-0.25, -0.2) is 9.78 Å². The van der Waals surface area contributed by atoms with Gasteiger partial charge in [0.25, 0.3) is 0 Å². The molecule has 2 N–H and O–H groups in total. The van der Waals surface area contributed by atoms with Gasteiger partial charge in [-0.05, 0) is 12.1 Å². The van der Waals surface area contributed by atoms with E-state index in [2.05, 4.69) is 9.97 Å². The number of nitrogens with zero attached hydrogens (tertiary/aromatic N) is 2. The van der Waals surface area contributed by atoms with Crippen LogP contribution in [0.1, 0.15) is 16.1 Å². The summed E-state index contributed by atoms with van der Waals surface area (Å²) in [6.07, 6.45) is 1.53. The highest BCUT2D eigenvalue weighted by Crippen LogP contribution is 2.19. The maximum Gasteiger partial charge on any atom is 0.353 e. The average Bonchev–Trinajstić information content (AvgIpc) is 2.56. The summed E-state index contributed by atoms with van der Waals surface area (Å²) in [6, 6.07) is 5.16. The molecule has 68 valence electrons. The zero-order valence-electron chi connectivity index (χ0n) is 6.98. The van der Waals surface area contributed by atoms with Crippen LogP contribution in [-0.2, 0) is 0 Å². The molecule has 0 aliphatic rings. The summed E-state index contributed by atoms with van der Waals surface area (Å²) in [7, 11) is 0. The first kappa shape index (κ1) is 8.26. The number of hydrogen-bond acceptors (Lipinski definition) is 3. The van der Waals surface area contributed by atoms with Crippen molar-refractivity contribution >= 4 is 17.0 Å². The lowest BCUT2D eigenvalue weighted by Gasteiger charge is -1.86. The summed E-state index contributed by atoms with van der Waals surface area (Å²) in [5.41, 5.74) is 0.434. The molecule has 0 unspecified atom stereocenters. The van der Waals surface area contributed by atoms with E-state index in [1.54, 1.807) is 12.1 Å². The van der Waals surface area contributed by atoms with Gasteiger partial charge < -0.3 is 10.1 Å². The van der Waals surface area contributed by atoms with Crippen LogP contribution in [0.3, 0.4) is 0 Å². The molecule has 0 atom stereocenters. The second-order valence-electron chi connectivity index (χ2n) is 2.69. The number of carboxylic acids is 1. The van der Waals surface area contributed by atoms with Crippen LogP contribution in [0.4, 0.5) is 0 Å². The van der Waals surface area contributed by atoms with Crippen molar-refractivity contribution in [2.45, 2.75) is 0 Å². The minimum Gasteiger partial charge on any atom is -0.477 e. The van der Waals surface area contributed by atoms with Gasteiger partial charge in [-0.15, -0.1) is 0 Å². The summed E-state index contributed by atoms with van der Waals surface area (Å²) in [5.74, 6) is -1.15.